The van der Waals surface area contributed by atoms with E-state index < -0.39 is 6.10 Å². The van der Waals surface area contributed by atoms with Crippen molar-refractivity contribution in [2.45, 2.75) is 335 Å². The highest BCUT2D eigenvalue weighted by Crippen LogP contribution is 2.17. The molecule has 0 aliphatic carbocycles. The third-order valence-electron chi connectivity index (χ3n) is 14.2. The molecule has 0 aromatic rings. The zero-order chi connectivity index (χ0) is 54.3. The molecule has 0 spiro atoms. The maximum Gasteiger partial charge on any atom is 0.306 e. The molecule has 0 heterocycles. The Morgan fingerprint density at radius 2 is 0.547 bits per heavy atom. The van der Waals surface area contributed by atoms with Crippen LogP contribution in [-0.2, 0) is 28.6 Å². The second-order valence-corrected chi connectivity index (χ2v) is 21.6. The summed E-state index contributed by atoms with van der Waals surface area (Å²) in [6.45, 7) is 6.50. The standard InChI is InChI=1S/C69H122O6/c1-4-7-10-13-16-19-22-24-26-28-29-30-31-32-33-34-35-36-37-38-39-40-41-42-44-45-47-50-53-56-59-62-68(71)74-65-66(64-73-67(70)61-58-55-52-49-21-18-15-12-9-6-3)75-69(72)63-60-57-54-51-48-46-43-27-25-23-20-17-14-11-8-5-2/h7,10,12,15-16,19,24,26,29-30,32-33,66H,4-6,8-9,11,13-14,17-18,20-23,25,27-28,31,34-65H2,1-3H3/b10-7-,15-12-,19-16-,26-24-,30-29-,33-32-. The Labute approximate surface area is 465 Å². The van der Waals surface area contributed by atoms with Crippen molar-refractivity contribution in [3.05, 3.63) is 72.9 Å². The first-order valence-electron chi connectivity index (χ1n) is 32.4. The molecule has 1 atom stereocenters. The van der Waals surface area contributed by atoms with Gasteiger partial charge in [0.25, 0.3) is 0 Å². The molecule has 0 aliphatic rings. The molecular weight excluding hydrogens is 925 g/mol. The molecule has 434 valence electrons. The Bertz CT molecular complexity index is 1390. The van der Waals surface area contributed by atoms with Crippen molar-refractivity contribution in [3.63, 3.8) is 0 Å². The Kier molecular flexibility index (Phi) is 60.7. The molecule has 6 heteroatoms. The Balaban J connectivity index is 4.12. The van der Waals surface area contributed by atoms with Gasteiger partial charge in [-0.05, 0) is 83.5 Å². The van der Waals surface area contributed by atoms with Gasteiger partial charge in [-0.25, -0.2) is 0 Å². The minimum Gasteiger partial charge on any atom is -0.462 e. The van der Waals surface area contributed by atoms with Crippen LogP contribution in [0.4, 0.5) is 0 Å². The van der Waals surface area contributed by atoms with E-state index in [0.29, 0.717) is 19.3 Å². The van der Waals surface area contributed by atoms with Crippen LogP contribution in [0, 0.1) is 0 Å². The highest BCUT2D eigenvalue weighted by molar-refractivity contribution is 5.71. The molecule has 0 aromatic heterocycles. The monoisotopic (exact) mass is 1050 g/mol. The molecule has 75 heavy (non-hydrogen) atoms. The molecular formula is C69H122O6. The molecule has 0 aliphatic heterocycles. The number of esters is 3. The van der Waals surface area contributed by atoms with Gasteiger partial charge in [0.1, 0.15) is 13.2 Å². The predicted molar refractivity (Wildman–Crippen MR) is 325 cm³/mol. The van der Waals surface area contributed by atoms with Crippen LogP contribution in [0.2, 0.25) is 0 Å². The number of rotatable bonds is 59. The SMILES string of the molecule is CC/C=C\C/C=C\C/C=C\C/C=C\C/C=C\CCCCCCCCCCCCCCCCCC(=O)OCC(COC(=O)CCCCCCC/C=C\CCC)OC(=O)CCCCCCCCCCCCCCCCCC. The van der Waals surface area contributed by atoms with Crippen LogP contribution < -0.4 is 0 Å². The number of carbonyl (C=O) groups is 3. The summed E-state index contributed by atoms with van der Waals surface area (Å²) in [5.74, 6) is -0.868. The summed E-state index contributed by atoms with van der Waals surface area (Å²) in [7, 11) is 0. The number of ether oxygens (including phenoxy) is 3. The van der Waals surface area contributed by atoms with Gasteiger partial charge in [-0.2, -0.15) is 0 Å². The van der Waals surface area contributed by atoms with E-state index in [1.165, 1.54) is 186 Å². The van der Waals surface area contributed by atoms with Gasteiger partial charge in [0.15, 0.2) is 6.10 Å². The quantitative estimate of drug-likeness (QED) is 0.0261. The van der Waals surface area contributed by atoms with Crippen LogP contribution in [0.15, 0.2) is 72.9 Å². The van der Waals surface area contributed by atoms with Crippen LogP contribution in [0.1, 0.15) is 329 Å². The fourth-order valence-corrected chi connectivity index (χ4v) is 9.36. The molecule has 0 radical (unpaired) electrons. The lowest BCUT2D eigenvalue weighted by Gasteiger charge is -2.18. The van der Waals surface area contributed by atoms with E-state index in [2.05, 4.69) is 93.7 Å². The third kappa shape index (κ3) is 61.6. The molecule has 0 aromatic carbocycles. The third-order valence-corrected chi connectivity index (χ3v) is 14.2. The number of hydrogen-bond acceptors (Lipinski definition) is 6. The Morgan fingerprint density at radius 3 is 0.880 bits per heavy atom. The van der Waals surface area contributed by atoms with Gasteiger partial charge in [-0.15, -0.1) is 0 Å². The van der Waals surface area contributed by atoms with Gasteiger partial charge in [0.2, 0.25) is 0 Å². The summed E-state index contributed by atoms with van der Waals surface area (Å²) in [4.78, 5) is 38.2. The molecule has 0 saturated carbocycles. The molecule has 6 nitrogen and oxygen atoms in total. The fraction of sp³-hybridized carbons (Fsp3) is 0.783. The minimum atomic E-state index is -0.775. The van der Waals surface area contributed by atoms with Gasteiger partial charge in [-0.1, -0.05) is 299 Å². The van der Waals surface area contributed by atoms with Crippen molar-refractivity contribution in [1.82, 2.24) is 0 Å². The maximum atomic E-state index is 12.9. The molecule has 0 bridgehead atoms. The van der Waals surface area contributed by atoms with Crippen molar-refractivity contribution in [2.75, 3.05) is 13.2 Å². The lowest BCUT2D eigenvalue weighted by molar-refractivity contribution is -0.167. The van der Waals surface area contributed by atoms with Crippen molar-refractivity contribution in [2.24, 2.45) is 0 Å². The lowest BCUT2D eigenvalue weighted by atomic mass is 10.0. The number of hydrogen-bond donors (Lipinski definition) is 0. The first kappa shape index (κ1) is 71.8. The van der Waals surface area contributed by atoms with Crippen LogP contribution in [0.5, 0.6) is 0 Å². The van der Waals surface area contributed by atoms with E-state index in [1.807, 2.05) is 0 Å². The first-order chi connectivity index (χ1) is 37.0. The summed E-state index contributed by atoms with van der Waals surface area (Å²) in [5, 5.41) is 0. The zero-order valence-corrected chi connectivity index (χ0v) is 49.8. The van der Waals surface area contributed by atoms with Crippen molar-refractivity contribution >= 4 is 17.9 Å². The van der Waals surface area contributed by atoms with Crippen LogP contribution in [0.3, 0.4) is 0 Å². The van der Waals surface area contributed by atoms with Crippen LogP contribution in [-0.4, -0.2) is 37.2 Å². The van der Waals surface area contributed by atoms with Crippen molar-refractivity contribution in [1.29, 1.82) is 0 Å². The highest BCUT2D eigenvalue weighted by Gasteiger charge is 2.19. The summed E-state index contributed by atoms with van der Waals surface area (Å²) in [6.07, 6.45) is 82.1. The van der Waals surface area contributed by atoms with E-state index in [9.17, 15) is 14.4 Å². The summed E-state index contributed by atoms with van der Waals surface area (Å²) in [5.41, 5.74) is 0. The molecule has 1 unspecified atom stereocenters. The maximum absolute atomic E-state index is 12.9. The molecule has 0 rings (SSSR count). The van der Waals surface area contributed by atoms with Gasteiger partial charge in [0, 0.05) is 19.3 Å². The van der Waals surface area contributed by atoms with Gasteiger partial charge < -0.3 is 14.2 Å². The van der Waals surface area contributed by atoms with E-state index in [-0.39, 0.29) is 31.1 Å². The summed E-state index contributed by atoms with van der Waals surface area (Å²) >= 11 is 0. The minimum absolute atomic E-state index is 0.0735. The largest absolute Gasteiger partial charge is 0.462 e. The number of unbranched alkanes of at least 4 members (excludes halogenated alkanes) is 36. The molecule has 0 N–H and O–H groups in total. The van der Waals surface area contributed by atoms with Crippen LogP contribution in [0.25, 0.3) is 0 Å². The van der Waals surface area contributed by atoms with Crippen molar-refractivity contribution < 1.29 is 28.6 Å². The summed E-state index contributed by atoms with van der Waals surface area (Å²) in [6, 6.07) is 0. The number of allylic oxidation sites excluding steroid dienone is 12. The normalized spacial score (nSPS) is 12.5. The summed E-state index contributed by atoms with van der Waals surface area (Å²) < 4.78 is 16.9. The smallest absolute Gasteiger partial charge is 0.306 e. The topological polar surface area (TPSA) is 78.9 Å². The highest BCUT2D eigenvalue weighted by atomic mass is 16.6. The second kappa shape index (κ2) is 63.4. The zero-order valence-electron chi connectivity index (χ0n) is 49.8. The molecule has 0 saturated heterocycles. The molecule has 0 fully saturated rings. The van der Waals surface area contributed by atoms with E-state index in [1.54, 1.807) is 0 Å². The number of carbonyl (C=O) groups excluding carboxylic acids is 3. The van der Waals surface area contributed by atoms with E-state index in [0.717, 1.165) is 103 Å². The second-order valence-electron chi connectivity index (χ2n) is 21.6. The molecule has 0 amide bonds. The Morgan fingerprint density at radius 1 is 0.280 bits per heavy atom. The predicted octanol–water partition coefficient (Wildman–Crippen LogP) is 22.1. The van der Waals surface area contributed by atoms with Crippen LogP contribution >= 0.6 is 0 Å². The van der Waals surface area contributed by atoms with Gasteiger partial charge >= 0.3 is 17.9 Å². The van der Waals surface area contributed by atoms with E-state index >= 15 is 0 Å². The Hall–Kier alpha value is -3.15. The average Bonchev–Trinajstić information content (AvgIpc) is 3.41. The van der Waals surface area contributed by atoms with Crippen molar-refractivity contribution in [3.8, 4) is 0 Å². The van der Waals surface area contributed by atoms with Gasteiger partial charge in [0.05, 0.1) is 0 Å². The fourth-order valence-electron chi connectivity index (χ4n) is 9.36. The van der Waals surface area contributed by atoms with Gasteiger partial charge in [-0.3, -0.25) is 14.4 Å². The lowest BCUT2D eigenvalue weighted by Crippen LogP contribution is -2.30. The average molecular weight is 1050 g/mol. The van der Waals surface area contributed by atoms with E-state index in [4.69, 9.17) is 14.2 Å². The first-order valence-corrected chi connectivity index (χ1v) is 32.4.